The van der Waals surface area contributed by atoms with Gasteiger partial charge in [-0.3, -0.25) is 4.90 Å². The number of hydrogen-bond acceptors (Lipinski definition) is 2. The molecule has 0 saturated heterocycles. The number of hydrogen-bond donors (Lipinski definition) is 1. The summed E-state index contributed by atoms with van der Waals surface area (Å²) in [5.41, 5.74) is 1.35. The molecule has 0 saturated carbocycles. The van der Waals surface area contributed by atoms with E-state index in [0.717, 1.165) is 19.4 Å². The Morgan fingerprint density at radius 2 is 1.88 bits per heavy atom. The number of rotatable bonds is 6. The van der Waals surface area contributed by atoms with Crippen molar-refractivity contribution in [2.45, 2.75) is 58.7 Å². The maximum Gasteiger partial charge on any atom is 0.0704 e. The molecular weight excluding hydrogens is 198 g/mol. The van der Waals surface area contributed by atoms with Gasteiger partial charge in [0.05, 0.1) is 6.10 Å². The number of nitrogens with zero attached hydrogens (tertiary/aromatic N) is 1. The minimum Gasteiger partial charge on any atom is -0.391 e. The zero-order chi connectivity index (χ0) is 12.1. The lowest BCUT2D eigenvalue weighted by Crippen LogP contribution is -2.42. The van der Waals surface area contributed by atoms with Crippen LogP contribution < -0.4 is 0 Å². The smallest absolute Gasteiger partial charge is 0.0704 e. The van der Waals surface area contributed by atoms with Gasteiger partial charge in [0.25, 0.3) is 0 Å². The van der Waals surface area contributed by atoms with Crippen LogP contribution in [0.4, 0.5) is 0 Å². The van der Waals surface area contributed by atoms with Gasteiger partial charge in [0.2, 0.25) is 0 Å². The van der Waals surface area contributed by atoms with E-state index in [4.69, 9.17) is 0 Å². The summed E-state index contributed by atoms with van der Waals surface area (Å²) in [5.74, 6) is 0. The third kappa shape index (κ3) is 4.11. The fourth-order valence-electron chi connectivity index (χ4n) is 2.27. The van der Waals surface area contributed by atoms with Crippen LogP contribution in [-0.2, 0) is 0 Å². The lowest BCUT2D eigenvalue weighted by Gasteiger charge is -2.32. The maximum atomic E-state index is 10.1. The lowest BCUT2D eigenvalue weighted by atomic mass is 10.1. The van der Waals surface area contributed by atoms with E-state index in [2.05, 4.69) is 50.8 Å². The average Bonchev–Trinajstić information content (AvgIpc) is 2.65. The zero-order valence-electron chi connectivity index (χ0n) is 11.0. The van der Waals surface area contributed by atoms with E-state index in [9.17, 15) is 5.11 Å². The first-order valence-corrected chi connectivity index (χ1v) is 6.29. The predicted octanol–water partition coefficient (Wildman–Crippen LogP) is 2.74. The number of aliphatic hydroxyl groups excluding tert-OH is 1. The van der Waals surface area contributed by atoms with Crippen LogP contribution in [0.2, 0.25) is 0 Å². The summed E-state index contributed by atoms with van der Waals surface area (Å²) in [5, 5.41) is 10.1. The topological polar surface area (TPSA) is 23.5 Å². The normalized spacial score (nSPS) is 17.6. The molecule has 0 unspecified atom stereocenters. The monoisotopic (exact) mass is 223 g/mol. The first-order chi connectivity index (χ1) is 7.50. The van der Waals surface area contributed by atoms with Crippen molar-refractivity contribution < 1.29 is 5.11 Å². The van der Waals surface area contributed by atoms with Crippen LogP contribution in [-0.4, -0.2) is 34.7 Å². The van der Waals surface area contributed by atoms with Crippen LogP contribution in [0.1, 0.15) is 40.5 Å². The average molecular weight is 223 g/mol. The molecule has 0 amide bonds. The second kappa shape index (κ2) is 6.21. The van der Waals surface area contributed by atoms with Gasteiger partial charge in [0.15, 0.2) is 0 Å². The molecule has 2 heteroatoms. The molecule has 0 fully saturated rings. The van der Waals surface area contributed by atoms with E-state index in [1.54, 1.807) is 0 Å². The second-order valence-corrected chi connectivity index (χ2v) is 5.20. The predicted molar refractivity (Wildman–Crippen MR) is 69.4 cm³/mol. The second-order valence-electron chi connectivity index (χ2n) is 5.20. The van der Waals surface area contributed by atoms with Gasteiger partial charge in [-0.2, -0.15) is 0 Å². The molecule has 1 aliphatic carbocycles. The Labute approximate surface area is 99.7 Å². The highest BCUT2D eigenvalue weighted by Gasteiger charge is 2.18. The van der Waals surface area contributed by atoms with Crippen LogP contribution in [0.15, 0.2) is 23.8 Å². The van der Waals surface area contributed by atoms with Crippen molar-refractivity contribution >= 4 is 0 Å². The summed E-state index contributed by atoms with van der Waals surface area (Å²) in [6, 6.07) is 0.982. The highest BCUT2D eigenvalue weighted by atomic mass is 16.3. The van der Waals surface area contributed by atoms with Gasteiger partial charge in [0.1, 0.15) is 0 Å². The number of allylic oxidation sites excluding steroid dienone is 3. The SMILES string of the molecule is CC(C)N(C[C@@H](O)CC1=CC=CC1)C(C)C. The molecule has 0 radical (unpaired) electrons. The Hall–Kier alpha value is -0.600. The molecule has 1 atom stereocenters. The molecule has 0 aromatic carbocycles. The largest absolute Gasteiger partial charge is 0.391 e. The van der Waals surface area contributed by atoms with Crippen LogP contribution in [0, 0.1) is 0 Å². The fourth-order valence-corrected chi connectivity index (χ4v) is 2.27. The molecule has 16 heavy (non-hydrogen) atoms. The first kappa shape index (κ1) is 13.5. The summed E-state index contributed by atoms with van der Waals surface area (Å²) in [6.07, 6.45) is 7.92. The van der Waals surface area contributed by atoms with Gasteiger partial charge in [-0.1, -0.05) is 23.8 Å². The molecule has 1 rings (SSSR count). The quantitative estimate of drug-likeness (QED) is 0.748. The van der Waals surface area contributed by atoms with Crippen molar-refractivity contribution in [3.8, 4) is 0 Å². The minimum atomic E-state index is -0.240. The Bertz CT molecular complexity index is 258. The van der Waals surface area contributed by atoms with Crippen LogP contribution in [0.25, 0.3) is 0 Å². The van der Waals surface area contributed by atoms with E-state index in [1.807, 2.05) is 0 Å². The maximum absolute atomic E-state index is 10.1. The molecule has 0 bridgehead atoms. The van der Waals surface area contributed by atoms with Crippen molar-refractivity contribution in [1.82, 2.24) is 4.90 Å². The summed E-state index contributed by atoms with van der Waals surface area (Å²) < 4.78 is 0. The fraction of sp³-hybridized carbons (Fsp3) is 0.714. The highest BCUT2D eigenvalue weighted by molar-refractivity contribution is 5.23. The van der Waals surface area contributed by atoms with Crippen LogP contribution >= 0.6 is 0 Å². The summed E-state index contributed by atoms with van der Waals surface area (Å²) >= 11 is 0. The van der Waals surface area contributed by atoms with E-state index in [0.29, 0.717) is 12.1 Å². The molecule has 1 N–H and O–H groups in total. The van der Waals surface area contributed by atoms with Gasteiger partial charge in [-0.05, 0) is 40.5 Å². The molecule has 92 valence electrons. The van der Waals surface area contributed by atoms with Crippen LogP contribution in [0.5, 0.6) is 0 Å². The van der Waals surface area contributed by atoms with Gasteiger partial charge < -0.3 is 5.11 Å². The molecular formula is C14H25NO. The van der Waals surface area contributed by atoms with Gasteiger partial charge >= 0.3 is 0 Å². The molecule has 2 nitrogen and oxygen atoms in total. The zero-order valence-corrected chi connectivity index (χ0v) is 11.0. The summed E-state index contributed by atoms with van der Waals surface area (Å²) in [7, 11) is 0. The van der Waals surface area contributed by atoms with Gasteiger partial charge in [-0.15, -0.1) is 0 Å². The molecule has 0 heterocycles. The Balaban J connectivity index is 2.39. The van der Waals surface area contributed by atoms with Gasteiger partial charge in [-0.25, -0.2) is 0 Å². The molecule has 1 aliphatic rings. The lowest BCUT2D eigenvalue weighted by molar-refractivity contribution is 0.0757. The Morgan fingerprint density at radius 3 is 2.31 bits per heavy atom. The third-order valence-electron chi connectivity index (χ3n) is 3.09. The first-order valence-electron chi connectivity index (χ1n) is 6.29. The van der Waals surface area contributed by atoms with Crippen molar-refractivity contribution in [1.29, 1.82) is 0 Å². The van der Waals surface area contributed by atoms with Crippen molar-refractivity contribution in [2.75, 3.05) is 6.54 Å². The Kier molecular flexibility index (Phi) is 5.23. The van der Waals surface area contributed by atoms with E-state index in [-0.39, 0.29) is 6.10 Å². The molecule has 0 aromatic heterocycles. The highest BCUT2D eigenvalue weighted by Crippen LogP contribution is 2.17. The van der Waals surface area contributed by atoms with E-state index < -0.39 is 0 Å². The minimum absolute atomic E-state index is 0.240. The van der Waals surface area contributed by atoms with Gasteiger partial charge in [0, 0.05) is 18.6 Å². The number of aliphatic hydroxyl groups is 1. The van der Waals surface area contributed by atoms with Crippen molar-refractivity contribution in [2.24, 2.45) is 0 Å². The van der Waals surface area contributed by atoms with E-state index >= 15 is 0 Å². The standard InChI is InChI=1S/C14H25NO/c1-11(2)15(12(3)4)10-14(16)9-13-7-5-6-8-13/h5-7,11-12,14,16H,8-10H2,1-4H3/t14-/m0/s1. The summed E-state index contributed by atoms with van der Waals surface area (Å²) in [6.45, 7) is 9.51. The molecule has 0 spiro atoms. The summed E-state index contributed by atoms with van der Waals surface area (Å²) in [4.78, 5) is 2.34. The molecule has 0 aromatic rings. The molecule has 0 aliphatic heterocycles. The van der Waals surface area contributed by atoms with Crippen molar-refractivity contribution in [3.05, 3.63) is 23.8 Å². The Morgan fingerprint density at radius 1 is 1.25 bits per heavy atom. The van der Waals surface area contributed by atoms with E-state index in [1.165, 1.54) is 5.57 Å². The third-order valence-corrected chi connectivity index (χ3v) is 3.09. The van der Waals surface area contributed by atoms with Crippen LogP contribution in [0.3, 0.4) is 0 Å². The van der Waals surface area contributed by atoms with Crippen molar-refractivity contribution in [3.63, 3.8) is 0 Å².